The SMILES string of the molecule is C#CCn1c(CCNC(=O)CCC)nc2ccccc21. The summed E-state index contributed by atoms with van der Waals surface area (Å²) in [7, 11) is 0. The normalized spacial score (nSPS) is 10.4. The van der Waals surface area contributed by atoms with E-state index in [1.54, 1.807) is 0 Å². The molecule has 4 nitrogen and oxygen atoms in total. The van der Waals surface area contributed by atoms with Crippen LogP contribution in [0.15, 0.2) is 24.3 Å². The summed E-state index contributed by atoms with van der Waals surface area (Å²) < 4.78 is 2.03. The molecule has 20 heavy (non-hydrogen) atoms. The second kappa shape index (κ2) is 6.76. The maximum absolute atomic E-state index is 11.4. The van der Waals surface area contributed by atoms with Gasteiger partial charge in [-0.05, 0) is 18.6 Å². The predicted molar refractivity (Wildman–Crippen MR) is 80.2 cm³/mol. The molecule has 0 aliphatic carbocycles. The van der Waals surface area contributed by atoms with Crippen molar-refractivity contribution in [1.82, 2.24) is 14.9 Å². The van der Waals surface area contributed by atoms with E-state index in [0.717, 1.165) is 23.3 Å². The minimum absolute atomic E-state index is 0.0899. The Hall–Kier alpha value is -2.28. The van der Waals surface area contributed by atoms with E-state index in [0.29, 0.717) is 25.9 Å². The number of hydrogen-bond acceptors (Lipinski definition) is 2. The molecule has 0 saturated carbocycles. The van der Waals surface area contributed by atoms with Crippen molar-refractivity contribution in [2.75, 3.05) is 6.54 Å². The van der Waals surface area contributed by atoms with Crippen molar-refractivity contribution in [2.45, 2.75) is 32.7 Å². The number of imidazole rings is 1. The van der Waals surface area contributed by atoms with E-state index >= 15 is 0 Å². The van der Waals surface area contributed by atoms with Gasteiger partial charge in [0.1, 0.15) is 5.82 Å². The number of carbonyl (C=O) groups is 1. The summed E-state index contributed by atoms with van der Waals surface area (Å²) in [4.78, 5) is 16.0. The van der Waals surface area contributed by atoms with Crippen LogP contribution in [-0.4, -0.2) is 22.0 Å². The van der Waals surface area contributed by atoms with Gasteiger partial charge >= 0.3 is 0 Å². The van der Waals surface area contributed by atoms with E-state index in [-0.39, 0.29) is 5.91 Å². The number of hydrogen-bond donors (Lipinski definition) is 1. The summed E-state index contributed by atoms with van der Waals surface area (Å²) in [5, 5.41) is 2.90. The molecular weight excluding hydrogens is 250 g/mol. The number of benzene rings is 1. The van der Waals surface area contributed by atoms with Crippen LogP contribution in [0, 0.1) is 12.3 Å². The van der Waals surface area contributed by atoms with E-state index < -0.39 is 0 Å². The van der Waals surface area contributed by atoms with Gasteiger partial charge in [-0.1, -0.05) is 25.0 Å². The summed E-state index contributed by atoms with van der Waals surface area (Å²) in [6.07, 6.45) is 7.55. The van der Waals surface area contributed by atoms with Crippen LogP contribution in [0.3, 0.4) is 0 Å². The van der Waals surface area contributed by atoms with Crippen LogP contribution in [0.1, 0.15) is 25.6 Å². The first kappa shape index (κ1) is 14.1. The summed E-state index contributed by atoms with van der Waals surface area (Å²) in [5.74, 6) is 3.67. The van der Waals surface area contributed by atoms with Gasteiger partial charge in [-0.15, -0.1) is 6.42 Å². The molecule has 0 aliphatic heterocycles. The Balaban J connectivity index is 2.11. The van der Waals surface area contributed by atoms with Gasteiger partial charge in [-0.3, -0.25) is 4.79 Å². The van der Waals surface area contributed by atoms with Crippen LogP contribution in [0.2, 0.25) is 0 Å². The molecule has 0 atom stereocenters. The molecule has 1 aromatic heterocycles. The Morgan fingerprint density at radius 1 is 1.45 bits per heavy atom. The standard InChI is InChI=1S/C16H19N3O/c1-3-7-16(20)17-11-10-15-18-13-8-5-6-9-14(13)19(15)12-4-2/h2,5-6,8-9H,3,7,10-12H2,1H3,(H,17,20). The van der Waals surface area contributed by atoms with Gasteiger partial charge in [0.15, 0.2) is 0 Å². The van der Waals surface area contributed by atoms with E-state index in [9.17, 15) is 4.79 Å². The lowest BCUT2D eigenvalue weighted by Crippen LogP contribution is -2.26. The maximum atomic E-state index is 11.4. The zero-order valence-electron chi connectivity index (χ0n) is 11.7. The van der Waals surface area contributed by atoms with Gasteiger partial charge in [-0.2, -0.15) is 0 Å². The van der Waals surface area contributed by atoms with E-state index in [4.69, 9.17) is 6.42 Å². The van der Waals surface area contributed by atoms with Crippen molar-refractivity contribution in [1.29, 1.82) is 0 Å². The molecular formula is C16H19N3O. The van der Waals surface area contributed by atoms with Crippen molar-refractivity contribution < 1.29 is 4.79 Å². The summed E-state index contributed by atoms with van der Waals surface area (Å²) in [5.41, 5.74) is 1.98. The molecule has 1 amide bonds. The lowest BCUT2D eigenvalue weighted by atomic mass is 10.3. The number of amides is 1. The molecule has 4 heteroatoms. The molecule has 0 saturated heterocycles. The number of carbonyl (C=O) groups excluding carboxylic acids is 1. The van der Waals surface area contributed by atoms with Gasteiger partial charge in [0.25, 0.3) is 0 Å². The second-order valence-corrected chi connectivity index (χ2v) is 4.66. The fraction of sp³-hybridized carbons (Fsp3) is 0.375. The van der Waals surface area contributed by atoms with E-state index in [2.05, 4.69) is 16.2 Å². The molecule has 2 aromatic rings. The molecule has 0 unspecified atom stereocenters. The Kier molecular flexibility index (Phi) is 4.78. The van der Waals surface area contributed by atoms with Gasteiger partial charge in [0, 0.05) is 19.4 Å². The van der Waals surface area contributed by atoms with Crippen LogP contribution in [0.25, 0.3) is 11.0 Å². The van der Waals surface area contributed by atoms with Crippen LogP contribution in [0.5, 0.6) is 0 Å². The monoisotopic (exact) mass is 269 g/mol. The summed E-state index contributed by atoms with van der Waals surface area (Å²) in [6, 6.07) is 7.92. The Labute approximate surface area is 119 Å². The number of para-hydroxylation sites is 2. The highest BCUT2D eigenvalue weighted by molar-refractivity contribution is 5.76. The number of nitrogens with zero attached hydrogens (tertiary/aromatic N) is 2. The number of terminal acetylenes is 1. The maximum Gasteiger partial charge on any atom is 0.219 e. The first-order valence-corrected chi connectivity index (χ1v) is 6.90. The van der Waals surface area contributed by atoms with E-state index in [1.807, 2.05) is 35.8 Å². The van der Waals surface area contributed by atoms with Gasteiger partial charge < -0.3 is 9.88 Å². The quantitative estimate of drug-likeness (QED) is 0.817. The Morgan fingerprint density at radius 2 is 2.25 bits per heavy atom. The Morgan fingerprint density at radius 3 is 3.00 bits per heavy atom. The van der Waals surface area contributed by atoms with E-state index in [1.165, 1.54) is 0 Å². The molecule has 0 radical (unpaired) electrons. The molecule has 0 spiro atoms. The Bertz CT molecular complexity index is 637. The number of fused-ring (bicyclic) bond motifs is 1. The summed E-state index contributed by atoms with van der Waals surface area (Å²) >= 11 is 0. The molecule has 0 fully saturated rings. The smallest absolute Gasteiger partial charge is 0.219 e. The average molecular weight is 269 g/mol. The number of rotatable bonds is 6. The fourth-order valence-corrected chi connectivity index (χ4v) is 2.21. The number of aromatic nitrogens is 2. The molecule has 1 aromatic carbocycles. The third kappa shape index (κ3) is 3.18. The average Bonchev–Trinajstić information content (AvgIpc) is 2.78. The first-order chi connectivity index (χ1) is 9.76. The lowest BCUT2D eigenvalue weighted by molar-refractivity contribution is -0.121. The third-order valence-electron chi connectivity index (χ3n) is 3.13. The highest BCUT2D eigenvalue weighted by Gasteiger charge is 2.09. The minimum atomic E-state index is 0.0899. The number of nitrogens with one attached hydrogen (secondary N) is 1. The van der Waals surface area contributed by atoms with Crippen LogP contribution >= 0.6 is 0 Å². The fourth-order valence-electron chi connectivity index (χ4n) is 2.21. The molecule has 1 N–H and O–H groups in total. The zero-order chi connectivity index (χ0) is 14.4. The predicted octanol–water partition coefficient (Wildman–Crippen LogP) is 2.13. The van der Waals surface area contributed by atoms with Crippen molar-refractivity contribution in [3.05, 3.63) is 30.1 Å². The van der Waals surface area contributed by atoms with Gasteiger partial charge in [0.05, 0.1) is 17.6 Å². The van der Waals surface area contributed by atoms with Crippen LogP contribution in [0.4, 0.5) is 0 Å². The molecule has 0 bridgehead atoms. The van der Waals surface area contributed by atoms with Crippen LogP contribution < -0.4 is 5.32 Å². The summed E-state index contributed by atoms with van der Waals surface area (Å²) in [6.45, 7) is 3.08. The molecule has 104 valence electrons. The largest absolute Gasteiger partial charge is 0.356 e. The highest BCUT2D eigenvalue weighted by Crippen LogP contribution is 2.15. The van der Waals surface area contributed by atoms with Crippen molar-refractivity contribution >= 4 is 16.9 Å². The molecule has 0 aliphatic rings. The minimum Gasteiger partial charge on any atom is -0.356 e. The first-order valence-electron chi connectivity index (χ1n) is 6.90. The molecule has 2 rings (SSSR count). The van der Waals surface area contributed by atoms with Crippen molar-refractivity contribution in [3.63, 3.8) is 0 Å². The van der Waals surface area contributed by atoms with Crippen LogP contribution in [-0.2, 0) is 17.8 Å². The lowest BCUT2D eigenvalue weighted by Gasteiger charge is -2.06. The molecule has 1 heterocycles. The highest BCUT2D eigenvalue weighted by atomic mass is 16.1. The van der Waals surface area contributed by atoms with Gasteiger partial charge in [-0.25, -0.2) is 4.98 Å². The topological polar surface area (TPSA) is 46.9 Å². The van der Waals surface area contributed by atoms with Crippen molar-refractivity contribution in [2.24, 2.45) is 0 Å². The zero-order valence-corrected chi connectivity index (χ0v) is 11.7. The van der Waals surface area contributed by atoms with Crippen molar-refractivity contribution in [3.8, 4) is 12.3 Å². The van der Waals surface area contributed by atoms with Gasteiger partial charge in [0.2, 0.25) is 5.91 Å². The second-order valence-electron chi connectivity index (χ2n) is 4.66. The third-order valence-corrected chi connectivity index (χ3v) is 3.13.